The van der Waals surface area contributed by atoms with E-state index in [1.807, 2.05) is 6.08 Å². The lowest BCUT2D eigenvalue weighted by atomic mass is 9.99. The second kappa shape index (κ2) is 66.3. The molecule has 0 aliphatic carbocycles. The summed E-state index contributed by atoms with van der Waals surface area (Å²) in [4.78, 5) is 13.1. The van der Waals surface area contributed by atoms with Gasteiger partial charge in [0.15, 0.2) is 6.29 Å². The molecule has 0 aromatic carbocycles. The van der Waals surface area contributed by atoms with Gasteiger partial charge in [0.1, 0.15) is 24.4 Å². The van der Waals surface area contributed by atoms with Gasteiger partial charge in [-0.25, -0.2) is 0 Å². The van der Waals surface area contributed by atoms with Crippen LogP contribution < -0.4 is 5.32 Å². The van der Waals surface area contributed by atoms with Crippen LogP contribution in [-0.2, 0) is 14.3 Å². The van der Waals surface area contributed by atoms with Crippen molar-refractivity contribution in [2.24, 2.45) is 0 Å². The molecule has 0 saturated carbocycles. The minimum absolute atomic E-state index is 0.182. The van der Waals surface area contributed by atoms with Gasteiger partial charge in [-0.2, -0.15) is 0 Å². The van der Waals surface area contributed by atoms with Crippen LogP contribution in [0.15, 0.2) is 36.5 Å². The van der Waals surface area contributed by atoms with E-state index in [-0.39, 0.29) is 12.5 Å². The fourth-order valence-corrected chi connectivity index (χ4v) is 12.5. The first kappa shape index (κ1) is 82.4. The van der Waals surface area contributed by atoms with Crippen LogP contribution >= 0.6 is 0 Å². The van der Waals surface area contributed by atoms with Crippen LogP contribution in [0.25, 0.3) is 0 Å². The maximum absolute atomic E-state index is 13.1. The molecule has 86 heavy (non-hydrogen) atoms. The van der Waals surface area contributed by atoms with Gasteiger partial charge in [-0.15, -0.1) is 0 Å². The van der Waals surface area contributed by atoms with E-state index in [1.165, 1.54) is 327 Å². The van der Waals surface area contributed by atoms with Crippen LogP contribution in [-0.4, -0.2) is 87.5 Å². The maximum atomic E-state index is 13.1. The van der Waals surface area contributed by atoms with Gasteiger partial charge in [0.2, 0.25) is 5.91 Å². The predicted molar refractivity (Wildman–Crippen MR) is 369 cm³/mol. The Morgan fingerprint density at radius 3 is 0.977 bits per heavy atom. The number of rotatable bonds is 68. The molecule has 0 bridgehead atoms. The second-order valence-corrected chi connectivity index (χ2v) is 26.8. The van der Waals surface area contributed by atoms with Crippen molar-refractivity contribution in [1.82, 2.24) is 5.32 Å². The Balaban J connectivity index is 2.07. The number of carbonyl (C=O) groups is 1. The number of aliphatic hydroxyl groups excluding tert-OH is 5. The van der Waals surface area contributed by atoms with Crippen molar-refractivity contribution in [2.75, 3.05) is 13.2 Å². The SMILES string of the molecule is CCCCCCCCCCCCCCCC/C=C/CC/C=C/CC/C=C/C(O)C(COC1OC(CO)C(O)C(O)C1O)NC(=O)CCCCCCCCCCCCCCCCCCCCCCCCCCCCCCCCCCCCCCCCC. The fourth-order valence-electron chi connectivity index (χ4n) is 12.5. The second-order valence-electron chi connectivity index (χ2n) is 26.8. The predicted octanol–water partition coefficient (Wildman–Crippen LogP) is 21.4. The van der Waals surface area contributed by atoms with Crippen LogP contribution in [0.1, 0.15) is 393 Å². The standard InChI is InChI=1S/C77H147NO8/c1-3-5-7-9-11-13-15-17-19-21-23-25-27-29-30-31-32-33-34-35-36-37-38-39-40-41-42-43-45-47-49-51-53-55-57-59-61-63-65-67-73(81)78-70(69-85-77-76(84)75(83)74(82)72(68-79)86-77)71(80)66-64-62-60-58-56-54-52-50-48-46-44-28-26-24-22-20-18-16-14-12-10-8-6-4-2/h48,50,56,58,64,66,70-72,74-77,79-80,82-84H,3-47,49,51-55,57,59-63,65,67-69H2,1-2H3,(H,78,81)/b50-48+,58-56+,66-64+. The number of hydrogen-bond acceptors (Lipinski definition) is 8. The van der Waals surface area contributed by atoms with E-state index >= 15 is 0 Å². The summed E-state index contributed by atoms with van der Waals surface area (Å²) in [5, 5.41) is 54.8. The molecule has 7 atom stereocenters. The van der Waals surface area contributed by atoms with Gasteiger partial charge in [-0.05, 0) is 44.9 Å². The summed E-state index contributed by atoms with van der Waals surface area (Å²) in [7, 11) is 0. The van der Waals surface area contributed by atoms with E-state index in [2.05, 4.69) is 43.5 Å². The lowest BCUT2D eigenvalue weighted by molar-refractivity contribution is -0.302. The third kappa shape index (κ3) is 54.2. The van der Waals surface area contributed by atoms with Crippen molar-refractivity contribution in [1.29, 1.82) is 0 Å². The molecule has 0 aromatic heterocycles. The van der Waals surface area contributed by atoms with Gasteiger partial charge in [-0.3, -0.25) is 4.79 Å². The number of allylic oxidation sites excluding steroid dienone is 5. The molecule has 1 fully saturated rings. The Bertz CT molecular complexity index is 1450. The number of aliphatic hydroxyl groups is 5. The monoisotopic (exact) mass is 1210 g/mol. The highest BCUT2D eigenvalue weighted by molar-refractivity contribution is 5.76. The summed E-state index contributed by atoms with van der Waals surface area (Å²) in [5.41, 5.74) is 0. The normalized spacial score (nSPS) is 18.2. The average Bonchev–Trinajstić information content (AvgIpc) is 2.37. The molecule has 9 nitrogen and oxygen atoms in total. The number of unbranched alkanes of at least 4 members (excludes halogenated alkanes) is 54. The molecule has 508 valence electrons. The molecule has 1 rings (SSSR count). The Hall–Kier alpha value is -1.59. The molecule has 1 amide bonds. The molecule has 1 aliphatic heterocycles. The Morgan fingerprint density at radius 1 is 0.384 bits per heavy atom. The summed E-state index contributed by atoms with van der Waals surface area (Å²) in [5.74, 6) is -0.182. The van der Waals surface area contributed by atoms with Crippen molar-refractivity contribution < 1.29 is 39.8 Å². The van der Waals surface area contributed by atoms with Crippen LogP contribution in [0.3, 0.4) is 0 Å². The van der Waals surface area contributed by atoms with E-state index in [1.54, 1.807) is 6.08 Å². The quantitative estimate of drug-likeness (QED) is 0.0261. The first-order chi connectivity index (χ1) is 42.3. The number of carbonyl (C=O) groups excluding carboxylic acids is 1. The molecule has 1 heterocycles. The summed E-state index contributed by atoms with van der Waals surface area (Å²) in [6.07, 6.45) is 83.0. The summed E-state index contributed by atoms with van der Waals surface area (Å²) >= 11 is 0. The molecule has 0 radical (unpaired) electrons. The van der Waals surface area contributed by atoms with Crippen molar-refractivity contribution in [3.05, 3.63) is 36.5 Å². The third-order valence-electron chi connectivity index (χ3n) is 18.4. The zero-order valence-electron chi connectivity index (χ0n) is 57.1. The largest absolute Gasteiger partial charge is 0.394 e. The first-order valence-electron chi connectivity index (χ1n) is 38.2. The summed E-state index contributed by atoms with van der Waals surface area (Å²) < 4.78 is 11.3. The van der Waals surface area contributed by atoms with Crippen LogP contribution in [0.4, 0.5) is 0 Å². The fraction of sp³-hybridized carbons (Fsp3) is 0.909. The molecule has 0 aromatic rings. The molecule has 9 heteroatoms. The third-order valence-corrected chi connectivity index (χ3v) is 18.4. The van der Waals surface area contributed by atoms with Crippen molar-refractivity contribution >= 4 is 5.91 Å². The molecular formula is C77H147NO8. The van der Waals surface area contributed by atoms with Crippen molar-refractivity contribution in [3.8, 4) is 0 Å². The maximum Gasteiger partial charge on any atom is 0.220 e. The number of nitrogens with one attached hydrogen (secondary N) is 1. The minimum Gasteiger partial charge on any atom is -0.394 e. The zero-order chi connectivity index (χ0) is 62.1. The van der Waals surface area contributed by atoms with Crippen LogP contribution in [0.2, 0.25) is 0 Å². The van der Waals surface area contributed by atoms with Crippen LogP contribution in [0, 0.1) is 0 Å². The lowest BCUT2D eigenvalue weighted by Gasteiger charge is -2.40. The summed E-state index contributed by atoms with van der Waals surface area (Å²) in [6, 6.07) is -0.828. The minimum atomic E-state index is -1.58. The highest BCUT2D eigenvalue weighted by Gasteiger charge is 2.44. The number of amides is 1. The van der Waals surface area contributed by atoms with Crippen molar-refractivity contribution in [3.63, 3.8) is 0 Å². The van der Waals surface area contributed by atoms with E-state index in [0.29, 0.717) is 6.42 Å². The molecule has 0 spiro atoms. The number of hydrogen-bond donors (Lipinski definition) is 6. The topological polar surface area (TPSA) is 149 Å². The van der Waals surface area contributed by atoms with E-state index in [4.69, 9.17) is 9.47 Å². The Morgan fingerprint density at radius 2 is 0.663 bits per heavy atom. The summed E-state index contributed by atoms with van der Waals surface area (Å²) in [6.45, 7) is 3.82. The Kier molecular flexibility index (Phi) is 63.6. The highest BCUT2D eigenvalue weighted by Crippen LogP contribution is 2.24. The van der Waals surface area contributed by atoms with Crippen LogP contribution in [0.5, 0.6) is 0 Å². The zero-order valence-corrected chi connectivity index (χ0v) is 57.1. The Labute approximate surface area is 533 Å². The highest BCUT2D eigenvalue weighted by atomic mass is 16.7. The molecule has 6 N–H and O–H groups in total. The van der Waals surface area contributed by atoms with Gasteiger partial charge in [0, 0.05) is 6.42 Å². The van der Waals surface area contributed by atoms with E-state index < -0.39 is 49.5 Å². The van der Waals surface area contributed by atoms with E-state index in [0.717, 1.165) is 44.9 Å². The molecule has 1 aliphatic rings. The van der Waals surface area contributed by atoms with Gasteiger partial charge in [0.25, 0.3) is 0 Å². The molecular weight excluding hydrogens is 1070 g/mol. The molecule has 7 unspecified atom stereocenters. The van der Waals surface area contributed by atoms with Gasteiger partial charge < -0.3 is 40.3 Å². The first-order valence-corrected chi connectivity index (χ1v) is 38.2. The molecule has 1 saturated heterocycles. The number of ether oxygens (including phenoxy) is 2. The van der Waals surface area contributed by atoms with Gasteiger partial charge in [0.05, 0.1) is 25.4 Å². The lowest BCUT2D eigenvalue weighted by Crippen LogP contribution is -2.60. The van der Waals surface area contributed by atoms with E-state index in [9.17, 15) is 30.3 Å². The van der Waals surface area contributed by atoms with Gasteiger partial charge >= 0.3 is 0 Å². The van der Waals surface area contributed by atoms with Crippen molar-refractivity contribution in [2.45, 2.75) is 436 Å². The smallest absolute Gasteiger partial charge is 0.220 e. The van der Waals surface area contributed by atoms with Gasteiger partial charge in [-0.1, -0.05) is 378 Å². The average molecular weight is 1220 g/mol.